The van der Waals surface area contributed by atoms with E-state index in [0.717, 1.165) is 5.56 Å². The van der Waals surface area contributed by atoms with E-state index < -0.39 is 10.0 Å². The smallest absolute Gasteiger partial charge is 0.263 e. The molecule has 0 saturated carbocycles. The predicted octanol–water partition coefficient (Wildman–Crippen LogP) is 2.33. The molecular formula is C19H21N3O3S. The Morgan fingerprint density at radius 3 is 2.50 bits per heavy atom. The van der Waals surface area contributed by atoms with Crippen LogP contribution in [0.1, 0.15) is 30.5 Å². The highest BCUT2D eigenvalue weighted by Crippen LogP contribution is 2.22. The average molecular weight is 371 g/mol. The minimum absolute atomic E-state index is 0.0398. The first-order valence-electron chi connectivity index (χ1n) is 8.37. The van der Waals surface area contributed by atoms with Crippen molar-refractivity contribution in [1.29, 1.82) is 0 Å². The Bertz CT molecular complexity index is 940. The van der Waals surface area contributed by atoms with Gasteiger partial charge in [-0.1, -0.05) is 42.5 Å². The monoisotopic (exact) mass is 371 g/mol. The van der Waals surface area contributed by atoms with Gasteiger partial charge in [0.05, 0.1) is 17.5 Å². The molecule has 26 heavy (non-hydrogen) atoms. The number of hydrogen-bond donors (Lipinski definition) is 1. The normalized spacial score (nSPS) is 17.4. The lowest BCUT2D eigenvalue weighted by Gasteiger charge is -2.25. The summed E-state index contributed by atoms with van der Waals surface area (Å²) in [7, 11) is -1.78. The largest absolute Gasteiger partial charge is 0.339 e. The van der Waals surface area contributed by atoms with Gasteiger partial charge in [-0.3, -0.25) is 14.5 Å². The maximum Gasteiger partial charge on any atom is 0.263 e. The first kappa shape index (κ1) is 18.1. The van der Waals surface area contributed by atoms with E-state index in [1.807, 2.05) is 37.3 Å². The Hall–Kier alpha value is -2.67. The summed E-state index contributed by atoms with van der Waals surface area (Å²) < 4.78 is 26.5. The van der Waals surface area contributed by atoms with Crippen molar-refractivity contribution < 1.29 is 13.2 Å². The molecule has 136 valence electrons. The number of benzene rings is 2. The molecular weight excluding hydrogens is 350 g/mol. The van der Waals surface area contributed by atoms with Crippen LogP contribution >= 0.6 is 0 Å². The molecule has 0 fully saturated rings. The van der Waals surface area contributed by atoms with E-state index in [1.54, 1.807) is 36.2 Å². The third-order valence-corrected chi connectivity index (χ3v) is 5.91. The van der Waals surface area contributed by atoms with Crippen LogP contribution in [0.3, 0.4) is 0 Å². The van der Waals surface area contributed by atoms with Gasteiger partial charge in [0.1, 0.15) is 5.84 Å². The summed E-state index contributed by atoms with van der Waals surface area (Å²) in [6, 6.07) is 16.4. The van der Waals surface area contributed by atoms with Crippen LogP contribution in [-0.4, -0.2) is 38.7 Å². The summed E-state index contributed by atoms with van der Waals surface area (Å²) in [6.45, 7) is 2.19. The number of hydrogen-bond acceptors (Lipinski definition) is 4. The van der Waals surface area contributed by atoms with Gasteiger partial charge in [-0.2, -0.15) is 0 Å². The van der Waals surface area contributed by atoms with Gasteiger partial charge in [0.2, 0.25) is 5.91 Å². The van der Waals surface area contributed by atoms with Gasteiger partial charge in [0.25, 0.3) is 10.0 Å². The number of aliphatic imine (C=N–C) groups is 1. The van der Waals surface area contributed by atoms with Crippen LogP contribution in [0, 0.1) is 0 Å². The second kappa shape index (κ2) is 7.29. The minimum atomic E-state index is -3.55. The van der Waals surface area contributed by atoms with Crippen molar-refractivity contribution in [2.24, 2.45) is 4.99 Å². The molecule has 1 aliphatic rings. The summed E-state index contributed by atoms with van der Waals surface area (Å²) in [4.78, 5) is 18.6. The van der Waals surface area contributed by atoms with E-state index in [4.69, 9.17) is 0 Å². The molecule has 0 saturated heterocycles. The second-order valence-electron chi connectivity index (χ2n) is 6.17. The average Bonchev–Trinajstić information content (AvgIpc) is 2.92. The Balaban J connectivity index is 1.65. The van der Waals surface area contributed by atoms with E-state index in [9.17, 15) is 13.2 Å². The fourth-order valence-electron chi connectivity index (χ4n) is 2.86. The molecule has 1 atom stereocenters. The maximum atomic E-state index is 12.4. The van der Waals surface area contributed by atoms with E-state index in [0.29, 0.717) is 11.4 Å². The van der Waals surface area contributed by atoms with Gasteiger partial charge in [0.15, 0.2) is 0 Å². The van der Waals surface area contributed by atoms with Gasteiger partial charge in [0, 0.05) is 19.0 Å². The highest BCUT2D eigenvalue weighted by Gasteiger charge is 2.30. The second-order valence-corrected chi connectivity index (χ2v) is 7.82. The Labute approximate surface area is 153 Å². The number of sulfonamides is 1. The van der Waals surface area contributed by atoms with Crippen LogP contribution in [0.5, 0.6) is 0 Å². The molecule has 0 bridgehead atoms. The molecule has 0 aromatic heterocycles. The minimum Gasteiger partial charge on any atom is -0.339 e. The van der Waals surface area contributed by atoms with Crippen molar-refractivity contribution in [3.05, 3.63) is 65.7 Å². The third kappa shape index (κ3) is 3.62. The van der Waals surface area contributed by atoms with Gasteiger partial charge >= 0.3 is 0 Å². The molecule has 1 N–H and O–H groups in total. The molecule has 1 aliphatic heterocycles. The lowest BCUT2D eigenvalue weighted by atomic mass is 10.1. The molecule has 1 heterocycles. The fourth-order valence-corrected chi connectivity index (χ4v) is 4.11. The van der Waals surface area contributed by atoms with Gasteiger partial charge in [-0.25, -0.2) is 8.42 Å². The number of nitrogens with one attached hydrogen (secondary N) is 1. The quantitative estimate of drug-likeness (QED) is 0.876. The van der Waals surface area contributed by atoms with Gasteiger partial charge in [-0.15, -0.1) is 0 Å². The highest BCUT2D eigenvalue weighted by atomic mass is 32.2. The van der Waals surface area contributed by atoms with E-state index in [1.165, 1.54) is 0 Å². The topological polar surface area (TPSA) is 78.8 Å². The SMILES string of the molecule is CC(c1ccccc1)N(C)C(=O)CCN=C1NS(=O)(=O)c2ccccc21. The van der Waals surface area contributed by atoms with Crippen molar-refractivity contribution in [1.82, 2.24) is 9.62 Å². The first-order valence-corrected chi connectivity index (χ1v) is 9.86. The number of rotatable bonds is 5. The first-order chi connectivity index (χ1) is 12.4. The lowest BCUT2D eigenvalue weighted by Crippen LogP contribution is -2.30. The molecule has 1 amide bonds. The molecule has 1 unspecified atom stereocenters. The molecule has 0 aliphatic carbocycles. The number of amides is 1. The molecule has 0 spiro atoms. The summed E-state index contributed by atoms with van der Waals surface area (Å²) in [6.07, 6.45) is 0.209. The van der Waals surface area contributed by atoms with Crippen LogP contribution in [0.4, 0.5) is 0 Å². The zero-order valence-corrected chi connectivity index (χ0v) is 15.5. The Kier molecular flexibility index (Phi) is 5.08. The standard InChI is InChI=1S/C19H21N3O3S/c1-14(15-8-4-3-5-9-15)22(2)18(23)12-13-20-19-16-10-6-7-11-17(16)26(24,25)21-19/h3-11,14H,12-13H2,1-2H3,(H,20,21). The van der Waals surface area contributed by atoms with Crippen molar-refractivity contribution >= 4 is 21.8 Å². The Morgan fingerprint density at radius 1 is 1.12 bits per heavy atom. The maximum absolute atomic E-state index is 12.4. The van der Waals surface area contributed by atoms with Crippen LogP contribution in [-0.2, 0) is 14.8 Å². The summed E-state index contributed by atoms with van der Waals surface area (Å²) in [5.41, 5.74) is 1.61. The van der Waals surface area contributed by atoms with Crippen LogP contribution < -0.4 is 4.72 Å². The van der Waals surface area contributed by atoms with Gasteiger partial charge in [-0.05, 0) is 24.6 Å². The summed E-state index contributed by atoms with van der Waals surface area (Å²) in [5, 5.41) is 0. The number of amidine groups is 1. The van der Waals surface area contributed by atoms with Crippen molar-refractivity contribution in [3.63, 3.8) is 0 Å². The van der Waals surface area contributed by atoms with E-state index in [2.05, 4.69) is 9.71 Å². The lowest BCUT2D eigenvalue weighted by molar-refractivity contribution is -0.131. The number of fused-ring (bicyclic) bond motifs is 1. The zero-order chi connectivity index (χ0) is 18.7. The number of carbonyl (C=O) groups excluding carboxylic acids is 1. The fraction of sp³-hybridized carbons (Fsp3) is 0.263. The zero-order valence-electron chi connectivity index (χ0n) is 14.7. The summed E-state index contributed by atoms with van der Waals surface area (Å²) >= 11 is 0. The molecule has 7 heteroatoms. The van der Waals surface area contributed by atoms with Crippen LogP contribution in [0.25, 0.3) is 0 Å². The molecule has 0 radical (unpaired) electrons. The molecule has 2 aromatic carbocycles. The molecule has 2 aromatic rings. The van der Waals surface area contributed by atoms with Crippen molar-refractivity contribution in [3.8, 4) is 0 Å². The van der Waals surface area contributed by atoms with Gasteiger partial charge < -0.3 is 4.90 Å². The molecule has 6 nitrogen and oxygen atoms in total. The summed E-state index contributed by atoms with van der Waals surface area (Å²) in [5.74, 6) is 0.256. The third-order valence-electron chi connectivity index (χ3n) is 4.51. The van der Waals surface area contributed by atoms with Crippen molar-refractivity contribution in [2.45, 2.75) is 24.3 Å². The van der Waals surface area contributed by atoms with Crippen LogP contribution in [0.15, 0.2) is 64.5 Å². The molecule has 3 rings (SSSR count). The van der Waals surface area contributed by atoms with Crippen molar-refractivity contribution in [2.75, 3.05) is 13.6 Å². The van der Waals surface area contributed by atoms with E-state index in [-0.39, 0.29) is 29.8 Å². The van der Waals surface area contributed by atoms with E-state index >= 15 is 0 Å². The highest BCUT2D eigenvalue weighted by molar-refractivity contribution is 7.90. The van der Waals surface area contributed by atoms with Crippen LogP contribution in [0.2, 0.25) is 0 Å². The number of nitrogens with zero attached hydrogens (tertiary/aromatic N) is 2. The predicted molar refractivity (Wildman–Crippen MR) is 100 cm³/mol. The number of carbonyl (C=O) groups is 1. The Morgan fingerprint density at radius 2 is 1.77 bits per heavy atom.